The molecule has 6 nitrogen and oxygen atoms in total. The molecule has 2 aliphatic rings. The molecule has 0 saturated carbocycles. The normalized spacial score (nSPS) is 18.2. The van der Waals surface area contributed by atoms with Crippen molar-refractivity contribution in [2.24, 2.45) is 0 Å². The van der Waals surface area contributed by atoms with E-state index in [0.29, 0.717) is 0 Å². The molecule has 1 fully saturated rings. The van der Waals surface area contributed by atoms with Crippen molar-refractivity contribution in [2.45, 2.75) is 32.7 Å². The van der Waals surface area contributed by atoms with E-state index in [4.69, 9.17) is 4.52 Å². The van der Waals surface area contributed by atoms with Crippen molar-refractivity contribution < 1.29 is 4.52 Å². The van der Waals surface area contributed by atoms with Gasteiger partial charge in [-0.15, -0.1) is 11.3 Å². The Labute approximate surface area is 150 Å². The van der Waals surface area contributed by atoms with Crippen molar-refractivity contribution in [3.05, 3.63) is 34.3 Å². The van der Waals surface area contributed by atoms with Gasteiger partial charge in [0.15, 0.2) is 0 Å². The highest BCUT2D eigenvalue weighted by Crippen LogP contribution is 2.40. The first-order valence-corrected chi connectivity index (χ1v) is 9.74. The zero-order valence-electron chi connectivity index (χ0n) is 14.4. The van der Waals surface area contributed by atoms with Gasteiger partial charge in [0.2, 0.25) is 0 Å². The van der Waals surface area contributed by atoms with Crippen LogP contribution in [0.5, 0.6) is 0 Å². The molecule has 0 amide bonds. The Hall–Kier alpha value is -1.99. The molecule has 0 spiro atoms. The van der Waals surface area contributed by atoms with Gasteiger partial charge in [-0.1, -0.05) is 5.16 Å². The quantitative estimate of drug-likeness (QED) is 0.720. The lowest BCUT2D eigenvalue weighted by molar-refractivity contribution is 0.241. The molecular formula is C18H21N5OS. The summed E-state index contributed by atoms with van der Waals surface area (Å²) in [5, 5.41) is 5.43. The van der Waals surface area contributed by atoms with Crippen LogP contribution in [-0.4, -0.2) is 46.2 Å². The van der Waals surface area contributed by atoms with Crippen molar-refractivity contribution in [2.75, 3.05) is 31.1 Å². The lowest BCUT2D eigenvalue weighted by Crippen LogP contribution is -2.46. The molecule has 7 heteroatoms. The molecule has 0 aromatic carbocycles. The fraction of sp³-hybridized carbons (Fsp3) is 0.500. The van der Waals surface area contributed by atoms with Crippen LogP contribution in [0.3, 0.4) is 0 Å². The first kappa shape index (κ1) is 15.3. The van der Waals surface area contributed by atoms with E-state index in [1.807, 2.05) is 24.3 Å². The van der Waals surface area contributed by atoms with Gasteiger partial charge in [0, 0.05) is 43.7 Å². The second kappa shape index (κ2) is 6.07. The molecule has 5 rings (SSSR count). The minimum atomic E-state index is 0.859. The van der Waals surface area contributed by atoms with Gasteiger partial charge in [0.05, 0.1) is 11.1 Å². The van der Waals surface area contributed by atoms with Crippen LogP contribution in [-0.2, 0) is 19.4 Å². The first-order valence-electron chi connectivity index (χ1n) is 8.92. The Morgan fingerprint density at radius 3 is 2.84 bits per heavy atom. The minimum absolute atomic E-state index is 0.859. The van der Waals surface area contributed by atoms with Gasteiger partial charge in [-0.2, -0.15) is 0 Å². The molecular weight excluding hydrogens is 334 g/mol. The zero-order valence-corrected chi connectivity index (χ0v) is 15.2. The Bertz CT molecular complexity index is 909. The largest absolute Gasteiger partial charge is 0.361 e. The summed E-state index contributed by atoms with van der Waals surface area (Å²) in [4.78, 5) is 16.7. The standard InChI is InChI=1S/C18H21N5OS/c1-12-9-13(21-24-12)10-22-5-7-23(8-6-22)17-16-14-3-2-4-15(14)25-18(16)20-11-19-17/h9,11H,2-8,10H2,1H3. The van der Waals surface area contributed by atoms with Crippen LogP contribution >= 0.6 is 11.3 Å². The molecule has 0 radical (unpaired) electrons. The number of hydrogen-bond acceptors (Lipinski definition) is 7. The molecule has 3 aromatic rings. The lowest BCUT2D eigenvalue weighted by atomic mass is 10.1. The van der Waals surface area contributed by atoms with Gasteiger partial charge in [-0.05, 0) is 31.7 Å². The maximum absolute atomic E-state index is 5.18. The molecule has 4 heterocycles. The van der Waals surface area contributed by atoms with Crippen LogP contribution in [0.1, 0.15) is 28.3 Å². The average molecular weight is 355 g/mol. The Morgan fingerprint density at radius 1 is 1.16 bits per heavy atom. The van der Waals surface area contributed by atoms with Gasteiger partial charge in [0.1, 0.15) is 22.7 Å². The number of aryl methyl sites for hydroxylation is 3. The van der Waals surface area contributed by atoms with E-state index in [0.717, 1.165) is 54.8 Å². The number of aromatic nitrogens is 3. The topological polar surface area (TPSA) is 58.3 Å². The molecule has 0 N–H and O–H groups in total. The van der Waals surface area contributed by atoms with Crippen LogP contribution in [0, 0.1) is 6.92 Å². The predicted octanol–water partition coefficient (Wildman–Crippen LogP) is 2.80. The van der Waals surface area contributed by atoms with Crippen molar-refractivity contribution in [1.29, 1.82) is 0 Å². The highest BCUT2D eigenvalue weighted by Gasteiger charge is 2.25. The molecule has 1 aliphatic carbocycles. The van der Waals surface area contributed by atoms with Gasteiger partial charge in [-0.25, -0.2) is 9.97 Å². The molecule has 25 heavy (non-hydrogen) atoms. The van der Waals surface area contributed by atoms with Gasteiger partial charge in [-0.3, -0.25) is 4.90 Å². The van der Waals surface area contributed by atoms with Gasteiger partial charge >= 0.3 is 0 Å². The maximum atomic E-state index is 5.18. The van der Waals surface area contributed by atoms with E-state index in [9.17, 15) is 0 Å². The molecule has 1 aliphatic heterocycles. The van der Waals surface area contributed by atoms with Crippen LogP contribution < -0.4 is 4.90 Å². The third-order valence-electron chi connectivity index (χ3n) is 5.22. The number of hydrogen-bond donors (Lipinski definition) is 0. The third kappa shape index (κ3) is 2.71. The summed E-state index contributed by atoms with van der Waals surface area (Å²) in [5.74, 6) is 2.02. The second-order valence-corrected chi connectivity index (χ2v) is 8.01. The van der Waals surface area contributed by atoms with Crippen LogP contribution in [0.25, 0.3) is 10.2 Å². The number of anilines is 1. The summed E-state index contributed by atoms with van der Waals surface area (Å²) < 4.78 is 5.18. The number of piperazine rings is 1. The predicted molar refractivity (Wildman–Crippen MR) is 98.2 cm³/mol. The van der Waals surface area contributed by atoms with Crippen LogP contribution in [0.15, 0.2) is 16.9 Å². The monoisotopic (exact) mass is 355 g/mol. The Kier molecular flexibility index (Phi) is 3.71. The van der Waals surface area contributed by atoms with E-state index < -0.39 is 0 Å². The highest BCUT2D eigenvalue weighted by atomic mass is 32.1. The second-order valence-electron chi connectivity index (χ2n) is 6.93. The summed E-state index contributed by atoms with van der Waals surface area (Å²) in [6.45, 7) is 6.82. The van der Waals surface area contributed by atoms with E-state index in [2.05, 4.69) is 24.9 Å². The van der Waals surface area contributed by atoms with E-state index in [-0.39, 0.29) is 0 Å². The molecule has 0 atom stereocenters. The maximum Gasteiger partial charge on any atom is 0.141 e. The highest BCUT2D eigenvalue weighted by molar-refractivity contribution is 7.19. The van der Waals surface area contributed by atoms with Crippen molar-refractivity contribution in [3.8, 4) is 0 Å². The molecule has 1 saturated heterocycles. The van der Waals surface area contributed by atoms with Crippen molar-refractivity contribution >= 4 is 27.4 Å². The number of rotatable bonds is 3. The summed E-state index contributed by atoms with van der Waals surface area (Å²) >= 11 is 1.86. The van der Waals surface area contributed by atoms with E-state index in [1.54, 1.807) is 6.33 Å². The smallest absolute Gasteiger partial charge is 0.141 e. The molecule has 0 unspecified atom stereocenters. The van der Waals surface area contributed by atoms with Crippen molar-refractivity contribution in [3.63, 3.8) is 0 Å². The molecule has 3 aromatic heterocycles. The summed E-state index contributed by atoms with van der Waals surface area (Å²) in [6.07, 6.45) is 5.39. The number of thiophene rings is 1. The van der Waals surface area contributed by atoms with Crippen LogP contribution in [0.2, 0.25) is 0 Å². The van der Waals surface area contributed by atoms with Gasteiger partial charge in [0.25, 0.3) is 0 Å². The van der Waals surface area contributed by atoms with E-state index in [1.165, 1.54) is 35.1 Å². The number of fused-ring (bicyclic) bond motifs is 3. The minimum Gasteiger partial charge on any atom is -0.361 e. The van der Waals surface area contributed by atoms with Gasteiger partial charge < -0.3 is 9.42 Å². The van der Waals surface area contributed by atoms with Crippen molar-refractivity contribution in [1.82, 2.24) is 20.0 Å². The number of nitrogens with zero attached hydrogens (tertiary/aromatic N) is 5. The fourth-order valence-electron chi connectivity index (χ4n) is 3.99. The Morgan fingerprint density at radius 2 is 2.04 bits per heavy atom. The van der Waals surface area contributed by atoms with E-state index >= 15 is 0 Å². The summed E-state index contributed by atoms with van der Waals surface area (Å²) in [6, 6.07) is 2.02. The fourth-order valence-corrected chi connectivity index (χ4v) is 5.21. The zero-order chi connectivity index (χ0) is 16.8. The molecule has 0 bridgehead atoms. The summed E-state index contributed by atoms with van der Waals surface area (Å²) in [5.41, 5.74) is 2.53. The SMILES string of the molecule is Cc1cc(CN2CCN(c3ncnc4sc5c(c34)CCC5)CC2)no1. The first-order chi connectivity index (χ1) is 12.3. The Balaban J connectivity index is 1.35. The summed E-state index contributed by atoms with van der Waals surface area (Å²) in [7, 11) is 0. The lowest BCUT2D eigenvalue weighted by Gasteiger charge is -2.35. The molecule has 130 valence electrons. The third-order valence-corrected chi connectivity index (χ3v) is 6.42. The van der Waals surface area contributed by atoms with Crippen LogP contribution in [0.4, 0.5) is 5.82 Å². The average Bonchev–Trinajstić information content (AvgIpc) is 3.31.